The third kappa shape index (κ3) is 6.72. The Labute approximate surface area is 163 Å². The van der Waals surface area contributed by atoms with Crippen molar-refractivity contribution < 1.29 is 13.9 Å². The SMILES string of the molecule is CCOC(=O)c1ccc(NC(=S)NCCCSCc2ccco2)c(C)c1. The number of benzene rings is 1. The Hall–Kier alpha value is -1.99. The summed E-state index contributed by atoms with van der Waals surface area (Å²) >= 11 is 7.17. The van der Waals surface area contributed by atoms with Crippen LogP contribution in [0.2, 0.25) is 0 Å². The zero-order chi connectivity index (χ0) is 18.8. The molecule has 0 aliphatic heterocycles. The predicted octanol–water partition coefficient (Wildman–Crippen LogP) is 4.37. The summed E-state index contributed by atoms with van der Waals surface area (Å²) in [7, 11) is 0. The maximum absolute atomic E-state index is 11.7. The number of esters is 1. The minimum atomic E-state index is -0.310. The smallest absolute Gasteiger partial charge is 0.338 e. The van der Waals surface area contributed by atoms with Crippen molar-refractivity contribution in [2.45, 2.75) is 26.0 Å². The van der Waals surface area contributed by atoms with Crippen LogP contribution in [0.15, 0.2) is 41.0 Å². The second-order valence-electron chi connectivity index (χ2n) is 5.62. The largest absolute Gasteiger partial charge is 0.468 e. The molecule has 0 fully saturated rings. The molecule has 2 rings (SSSR count). The van der Waals surface area contributed by atoms with Crippen LogP contribution in [0.1, 0.15) is 35.0 Å². The van der Waals surface area contributed by atoms with Gasteiger partial charge < -0.3 is 19.8 Å². The molecule has 1 aromatic carbocycles. The van der Waals surface area contributed by atoms with Gasteiger partial charge in [0.05, 0.1) is 24.2 Å². The first-order valence-corrected chi connectivity index (χ1v) is 10.1. The van der Waals surface area contributed by atoms with Gasteiger partial charge in [0, 0.05) is 12.2 Å². The first-order valence-electron chi connectivity index (χ1n) is 8.53. The maximum Gasteiger partial charge on any atom is 0.338 e. The Bertz CT molecular complexity index is 718. The molecule has 0 saturated carbocycles. The highest BCUT2D eigenvalue weighted by Crippen LogP contribution is 2.17. The zero-order valence-corrected chi connectivity index (χ0v) is 16.7. The number of carbonyl (C=O) groups excluding carboxylic acids is 1. The summed E-state index contributed by atoms with van der Waals surface area (Å²) in [5.41, 5.74) is 2.36. The summed E-state index contributed by atoms with van der Waals surface area (Å²) in [4.78, 5) is 11.7. The molecule has 1 aromatic heterocycles. The Morgan fingerprint density at radius 3 is 2.88 bits per heavy atom. The fourth-order valence-electron chi connectivity index (χ4n) is 2.26. The molecule has 140 valence electrons. The molecule has 0 aliphatic rings. The molecule has 1 heterocycles. The molecule has 0 bridgehead atoms. The van der Waals surface area contributed by atoms with Crippen LogP contribution in [0.4, 0.5) is 5.69 Å². The van der Waals surface area contributed by atoms with Gasteiger partial charge in [0.2, 0.25) is 0 Å². The first kappa shape index (κ1) is 20.3. The fourth-order valence-corrected chi connectivity index (χ4v) is 3.33. The topological polar surface area (TPSA) is 63.5 Å². The number of nitrogens with one attached hydrogen (secondary N) is 2. The number of ether oxygens (including phenoxy) is 1. The van der Waals surface area contributed by atoms with E-state index in [1.807, 2.05) is 36.9 Å². The molecule has 0 spiro atoms. The number of thiocarbonyl (C=S) groups is 1. The second-order valence-corrected chi connectivity index (χ2v) is 7.13. The fraction of sp³-hybridized carbons (Fsp3) is 0.368. The lowest BCUT2D eigenvalue weighted by Crippen LogP contribution is -2.29. The Balaban J connectivity index is 1.67. The predicted molar refractivity (Wildman–Crippen MR) is 111 cm³/mol. The second kappa shape index (κ2) is 10.9. The highest BCUT2D eigenvalue weighted by Gasteiger charge is 2.09. The molecule has 0 saturated heterocycles. The van der Waals surface area contributed by atoms with Gasteiger partial charge in [-0.3, -0.25) is 0 Å². The van der Waals surface area contributed by atoms with Gasteiger partial charge in [0.1, 0.15) is 5.76 Å². The quantitative estimate of drug-likeness (QED) is 0.373. The molecular formula is C19H24N2O3S2. The molecular weight excluding hydrogens is 368 g/mol. The monoisotopic (exact) mass is 392 g/mol. The lowest BCUT2D eigenvalue weighted by molar-refractivity contribution is 0.0526. The molecule has 2 aromatic rings. The van der Waals surface area contributed by atoms with E-state index in [1.165, 1.54) is 0 Å². The standard InChI is InChI=1S/C19H24N2O3S2/c1-3-23-18(22)15-7-8-17(14(2)12-15)21-19(25)20-9-5-11-26-13-16-6-4-10-24-16/h4,6-8,10,12H,3,5,9,11,13H2,1-2H3,(H2,20,21,25). The number of anilines is 1. The lowest BCUT2D eigenvalue weighted by Gasteiger charge is -2.13. The van der Waals surface area contributed by atoms with Crippen LogP contribution in [0.3, 0.4) is 0 Å². The van der Waals surface area contributed by atoms with Crippen molar-refractivity contribution in [1.82, 2.24) is 5.32 Å². The average molecular weight is 393 g/mol. The van der Waals surface area contributed by atoms with Crippen LogP contribution in [-0.2, 0) is 10.5 Å². The van der Waals surface area contributed by atoms with Crippen molar-refractivity contribution in [2.75, 3.05) is 24.2 Å². The molecule has 0 aliphatic carbocycles. The third-order valence-electron chi connectivity index (χ3n) is 3.56. The number of aryl methyl sites for hydroxylation is 1. The van der Waals surface area contributed by atoms with Gasteiger partial charge in [-0.25, -0.2) is 4.79 Å². The first-order chi connectivity index (χ1) is 12.6. The van der Waals surface area contributed by atoms with Crippen molar-refractivity contribution >= 4 is 40.7 Å². The Kier molecular flexibility index (Phi) is 8.50. The van der Waals surface area contributed by atoms with E-state index in [-0.39, 0.29) is 5.97 Å². The summed E-state index contributed by atoms with van der Waals surface area (Å²) in [5, 5.41) is 6.95. The number of hydrogen-bond donors (Lipinski definition) is 2. The molecule has 0 atom stereocenters. The Morgan fingerprint density at radius 1 is 1.35 bits per heavy atom. The van der Waals surface area contributed by atoms with Gasteiger partial charge in [-0.15, -0.1) is 0 Å². The normalized spacial score (nSPS) is 10.4. The minimum Gasteiger partial charge on any atom is -0.468 e. The van der Waals surface area contributed by atoms with Gasteiger partial charge in [0.25, 0.3) is 0 Å². The van der Waals surface area contributed by atoms with E-state index in [1.54, 1.807) is 25.3 Å². The van der Waals surface area contributed by atoms with E-state index < -0.39 is 0 Å². The van der Waals surface area contributed by atoms with Gasteiger partial charge in [0.15, 0.2) is 5.11 Å². The van der Waals surface area contributed by atoms with E-state index in [4.69, 9.17) is 21.4 Å². The zero-order valence-electron chi connectivity index (χ0n) is 15.0. The van der Waals surface area contributed by atoms with Crippen LogP contribution in [0.25, 0.3) is 0 Å². The van der Waals surface area contributed by atoms with Crippen LogP contribution in [0.5, 0.6) is 0 Å². The minimum absolute atomic E-state index is 0.310. The molecule has 0 amide bonds. The summed E-state index contributed by atoms with van der Waals surface area (Å²) in [6.07, 6.45) is 2.71. The summed E-state index contributed by atoms with van der Waals surface area (Å²) in [5.74, 6) is 2.61. The number of hydrogen-bond acceptors (Lipinski definition) is 5. The van der Waals surface area contributed by atoms with Gasteiger partial charge in [-0.05, 0) is 74.1 Å². The van der Waals surface area contributed by atoms with Crippen molar-refractivity contribution in [3.63, 3.8) is 0 Å². The van der Waals surface area contributed by atoms with E-state index in [9.17, 15) is 4.79 Å². The number of rotatable bonds is 9. The van der Waals surface area contributed by atoms with Crippen molar-refractivity contribution in [3.8, 4) is 0 Å². The molecule has 0 unspecified atom stereocenters. The molecule has 0 radical (unpaired) electrons. The summed E-state index contributed by atoms with van der Waals surface area (Å²) < 4.78 is 10.3. The lowest BCUT2D eigenvalue weighted by atomic mass is 10.1. The molecule has 7 heteroatoms. The van der Waals surface area contributed by atoms with Gasteiger partial charge >= 0.3 is 5.97 Å². The van der Waals surface area contributed by atoms with Gasteiger partial charge in [-0.2, -0.15) is 11.8 Å². The van der Waals surface area contributed by atoms with E-state index in [0.29, 0.717) is 17.3 Å². The summed E-state index contributed by atoms with van der Waals surface area (Å²) in [6, 6.07) is 9.27. The third-order valence-corrected chi connectivity index (χ3v) is 4.87. The van der Waals surface area contributed by atoms with Crippen LogP contribution in [-0.4, -0.2) is 30.0 Å². The highest BCUT2D eigenvalue weighted by atomic mass is 32.2. The highest BCUT2D eigenvalue weighted by molar-refractivity contribution is 7.98. The molecule has 5 nitrogen and oxygen atoms in total. The number of carbonyl (C=O) groups is 1. The van der Waals surface area contributed by atoms with Crippen LogP contribution >= 0.6 is 24.0 Å². The maximum atomic E-state index is 11.7. The average Bonchev–Trinajstić information content (AvgIpc) is 3.13. The Morgan fingerprint density at radius 2 is 2.19 bits per heavy atom. The van der Waals surface area contributed by atoms with Gasteiger partial charge in [-0.1, -0.05) is 0 Å². The van der Waals surface area contributed by atoms with E-state index in [0.717, 1.165) is 41.5 Å². The molecule has 26 heavy (non-hydrogen) atoms. The summed E-state index contributed by atoms with van der Waals surface area (Å²) in [6.45, 7) is 4.89. The van der Waals surface area contributed by atoms with Crippen LogP contribution in [0, 0.1) is 6.92 Å². The number of furan rings is 1. The van der Waals surface area contributed by atoms with Crippen molar-refractivity contribution in [1.29, 1.82) is 0 Å². The molecule has 2 N–H and O–H groups in total. The van der Waals surface area contributed by atoms with E-state index in [2.05, 4.69) is 10.6 Å². The van der Waals surface area contributed by atoms with E-state index >= 15 is 0 Å². The van der Waals surface area contributed by atoms with Crippen molar-refractivity contribution in [2.24, 2.45) is 0 Å². The van der Waals surface area contributed by atoms with Crippen LogP contribution < -0.4 is 10.6 Å². The van der Waals surface area contributed by atoms with Crippen molar-refractivity contribution in [3.05, 3.63) is 53.5 Å². The number of thioether (sulfide) groups is 1.